The second-order valence-electron chi connectivity index (χ2n) is 8.01. The first-order valence-electron chi connectivity index (χ1n) is 10.9. The Hall–Kier alpha value is -2.93. The summed E-state index contributed by atoms with van der Waals surface area (Å²) in [7, 11) is 5.97. The summed E-state index contributed by atoms with van der Waals surface area (Å²) in [5.41, 5.74) is 2.09. The molecule has 0 aromatic heterocycles. The first-order valence-corrected chi connectivity index (χ1v) is 10.9. The van der Waals surface area contributed by atoms with E-state index in [0.29, 0.717) is 12.3 Å². The third-order valence-corrected chi connectivity index (χ3v) is 5.41. The first-order chi connectivity index (χ1) is 15.1. The average molecular weight is 426 g/mol. The molecular formula is C24H35N5O2. The third-order valence-electron chi connectivity index (χ3n) is 5.41. The third kappa shape index (κ3) is 6.79. The van der Waals surface area contributed by atoms with Crippen LogP contribution in [0, 0.1) is 0 Å². The van der Waals surface area contributed by atoms with E-state index in [1.807, 2.05) is 37.4 Å². The number of benzene rings is 2. The minimum atomic E-state index is 0.337. The topological polar surface area (TPSA) is 63.6 Å². The fraction of sp³-hybridized carbons (Fsp3) is 0.458. The van der Waals surface area contributed by atoms with Crippen LogP contribution in [-0.2, 0) is 6.54 Å². The molecule has 2 aromatic carbocycles. The van der Waals surface area contributed by atoms with Gasteiger partial charge in [0.05, 0.1) is 12.3 Å². The zero-order valence-corrected chi connectivity index (χ0v) is 18.9. The summed E-state index contributed by atoms with van der Waals surface area (Å²) in [5, 5.41) is 13.6. The number of guanidine groups is 1. The molecule has 0 bridgehead atoms. The highest BCUT2D eigenvalue weighted by molar-refractivity contribution is 5.80. The lowest BCUT2D eigenvalue weighted by Gasteiger charge is -2.37. The van der Waals surface area contributed by atoms with E-state index in [1.165, 1.54) is 5.56 Å². The quantitative estimate of drug-likeness (QED) is 0.385. The van der Waals surface area contributed by atoms with Gasteiger partial charge in [-0.3, -0.25) is 4.99 Å². The van der Waals surface area contributed by atoms with Crippen molar-refractivity contribution in [3.8, 4) is 11.5 Å². The van der Waals surface area contributed by atoms with Crippen LogP contribution in [0.2, 0.25) is 0 Å². The van der Waals surface area contributed by atoms with Gasteiger partial charge in [0.2, 0.25) is 0 Å². The first kappa shape index (κ1) is 22.7. The number of hydrogen-bond acceptors (Lipinski definition) is 5. The molecule has 0 spiro atoms. The Morgan fingerprint density at radius 2 is 1.77 bits per heavy atom. The number of phenols is 1. The number of para-hydroxylation sites is 2. The molecule has 7 nitrogen and oxygen atoms in total. The highest BCUT2D eigenvalue weighted by Gasteiger charge is 2.21. The van der Waals surface area contributed by atoms with Crippen LogP contribution >= 0.6 is 0 Å². The molecule has 0 aliphatic carbocycles. The summed E-state index contributed by atoms with van der Waals surface area (Å²) < 4.78 is 5.81. The summed E-state index contributed by atoms with van der Waals surface area (Å²) >= 11 is 0. The van der Waals surface area contributed by atoms with Crippen LogP contribution < -0.4 is 15.0 Å². The Bertz CT molecular complexity index is 830. The Kier molecular flexibility index (Phi) is 8.41. The zero-order chi connectivity index (χ0) is 22.1. The second-order valence-corrected chi connectivity index (χ2v) is 8.01. The number of aromatic hydroxyl groups is 1. The molecule has 2 aromatic rings. The molecule has 1 aliphatic rings. The van der Waals surface area contributed by atoms with E-state index in [0.717, 1.165) is 63.1 Å². The van der Waals surface area contributed by atoms with Gasteiger partial charge in [-0.2, -0.15) is 0 Å². The summed E-state index contributed by atoms with van der Waals surface area (Å²) in [6.45, 7) is 5.88. The number of hydrogen-bond donors (Lipinski definition) is 2. The highest BCUT2D eigenvalue weighted by Crippen LogP contribution is 2.27. The molecule has 1 fully saturated rings. The van der Waals surface area contributed by atoms with Crippen molar-refractivity contribution in [1.29, 1.82) is 0 Å². The number of aliphatic imine (C=N–C) groups is 1. The van der Waals surface area contributed by atoms with Crippen LogP contribution in [0.3, 0.4) is 0 Å². The summed E-state index contributed by atoms with van der Waals surface area (Å²) in [4.78, 5) is 11.1. The number of nitrogens with one attached hydrogen (secondary N) is 1. The molecule has 1 aliphatic heterocycles. The van der Waals surface area contributed by atoms with Gasteiger partial charge in [0, 0.05) is 46.3 Å². The molecule has 1 saturated heterocycles. The van der Waals surface area contributed by atoms with Gasteiger partial charge >= 0.3 is 0 Å². The molecule has 1 heterocycles. The highest BCUT2D eigenvalue weighted by atomic mass is 16.5. The maximum atomic E-state index is 10.1. The molecule has 0 saturated carbocycles. The van der Waals surface area contributed by atoms with E-state index in [2.05, 4.69) is 51.2 Å². The fourth-order valence-corrected chi connectivity index (χ4v) is 3.68. The van der Waals surface area contributed by atoms with Crippen molar-refractivity contribution in [2.45, 2.75) is 13.0 Å². The Morgan fingerprint density at radius 1 is 1.06 bits per heavy atom. The predicted octanol–water partition coefficient (Wildman–Crippen LogP) is 2.62. The van der Waals surface area contributed by atoms with Gasteiger partial charge in [0.1, 0.15) is 11.5 Å². The molecule has 31 heavy (non-hydrogen) atoms. The van der Waals surface area contributed by atoms with Crippen LogP contribution in [0.15, 0.2) is 53.5 Å². The molecular weight excluding hydrogens is 390 g/mol. The maximum absolute atomic E-state index is 10.1. The molecule has 0 unspecified atom stereocenters. The van der Waals surface area contributed by atoms with Crippen molar-refractivity contribution >= 4 is 11.6 Å². The number of nitrogens with zero attached hydrogens (tertiary/aromatic N) is 4. The molecule has 168 valence electrons. The normalized spacial score (nSPS) is 14.8. The summed E-state index contributed by atoms with van der Waals surface area (Å²) in [6.07, 6.45) is 1.02. The number of piperazine rings is 1. The Balaban J connectivity index is 1.44. The monoisotopic (exact) mass is 425 g/mol. The van der Waals surface area contributed by atoms with Crippen LogP contribution in [0.4, 0.5) is 5.69 Å². The molecule has 0 amide bonds. The zero-order valence-electron chi connectivity index (χ0n) is 18.9. The van der Waals surface area contributed by atoms with Crippen molar-refractivity contribution in [1.82, 2.24) is 15.1 Å². The van der Waals surface area contributed by atoms with Crippen molar-refractivity contribution in [3.05, 3.63) is 54.1 Å². The molecule has 3 rings (SSSR count). The molecule has 0 atom stereocenters. The van der Waals surface area contributed by atoms with Gasteiger partial charge in [-0.05, 0) is 50.3 Å². The van der Waals surface area contributed by atoms with Crippen LogP contribution in [0.25, 0.3) is 0 Å². The fourth-order valence-electron chi connectivity index (χ4n) is 3.68. The number of phenolic OH excluding ortho intramolecular Hbond substituents is 1. The average Bonchev–Trinajstić information content (AvgIpc) is 2.79. The Morgan fingerprint density at radius 3 is 2.42 bits per heavy atom. The number of ether oxygens (including phenoxy) is 1. The van der Waals surface area contributed by atoms with Crippen molar-refractivity contribution in [2.75, 3.05) is 65.4 Å². The standard InChI is InChI=1S/C24H35N5O2/c1-25-24(29-16-14-28(15-17-29)22-7-4-5-8-23(22)30)26-19-20-9-11-21(12-10-20)31-18-6-13-27(2)3/h4-5,7-12,30H,6,13-19H2,1-3H3,(H,25,26). The van der Waals surface area contributed by atoms with E-state index in [4.69, 9.17) is 4.74 Å². The van der Waals surface area contributed by atoms with E-state index in [9.17, 15) is 5.11 Å². The van der Waals surface area contributed by atoms with Crippen molar-refractivity contribution in [2.24, 2.45) is 4.99 Å². The van der Waals surface area contributed by atoms with Gasteiger partial charge in [-0.1, -0.05) is 24.3 Å². The smallest absolute Gasteiger partial charge is 0.194 e. The lowest BCUT2D eigenvalue weighted by molar-refractivity contribution is 0.281. The molecule has 0 radical (unpaired) electrons. The van der Waals surface area contributed by atoms with Crippen LogP contribution in [0.5, 0.6) is 11.5 Å². The summed E-state index contributed by atoms with van der Waals surface area (Å²) in [6, 6.07) is 15.8. The number of rotatable bonds is 8. The van der Waals surface area contributed by atoms with Gasteiger partial charge in [-0.15, -0.1) is 0 Å². The molecule has 2 N–H and O–H groups in total. The van der Waals surface area contributed by atoms with E-state index in [1.54, 1.807) is 6.07 Å². The van der Waals surface area contributed by atoms with E-state index < -0.39 is 0 Å². The lowest BCUT2D eigenvalue weighted by atomic mass is 10.2. The van der Waals surface area contributed by atoms with Crippen molar-refractivity contribution in [3.63, 3.8) is 0 Å². The minimum Gasteiger partial charge on any atom is -0.506 e. The van der Waals surface area contributed by atoms with Gasteiger partial charge in [-0.25, -0.2) is 0 Å². The Labute approximate surface area is 185 Å². The van der Waals surface area contributed by atoms with E-state index in [-0.39, 0.29) is 0 Å². The minimum absolute atomic E-state index is 0.337. The van der Waals surface area contributed by atoms with Gasteiger partial charge in [0.25, 0.3) is 0 Å². The summed E-state index contributed by atoms with van der Waals surface area (Å²) in [5.74, 6) is 2.15. The maximum Gasteiger partial charge on any atom is 0.194 e. The predicted molar refractivity (Wildman–Crippen MR) is 127 cm³/mol. The van der Waals surface area contributed by atoms with Gasteiger partial charge < -0.3 is 29.9 Å². The SMILES string of the molecule is CN=C(NCc1ccc(OCCCN(C)C)cc1)N1CCN(c2ccccc2O)CC1. The van der Waals surface area contributed by atoms with E-state index >= 15 is 0 Å². The van der Waals surface area contributed by atoms with Crippen LogP contribution in [0.1, 0.15) is 12.0 Å². The lowest BCUT2D eigenvalue weighted by Crippen LogP contribution is -2.52. The van der Waals surface area contributed by atoms with Crippen LogP contribution in [-0.4, -0.2) is 81.3 Å². The molecule has 7 heteroatoms. The van der Waals surface area contributed by atoms with Gasteiger partial charge in [0.15, 0.2) is 5.96 Å². The second kappa shape index (κ2) is 11.5. The van der Waals surface area contributed by atoms with Crippen molar-refractivity contribution < 1.29 is 9.84 Å². The number of anilines is 1. The largest absolute Gasteiger partial charge is 0.506 e.